The van der Waals surface area contributed by atoms with Gasteiger partial charge >= 0.3 is 0 Å². The summed E-state index contributed by atoms with van der Waals surface area (Å²) < 4.78 is 0. The van der Waals surface area contributed by atoms with Crippen LogP contribution >= 0.6 is 34.5 Å². The Labute approximate surface area is 186 Å². The summed E-state index contributed by atoms with van der Waals surface area (Å²) in [4.78, 5) is 13.5. The molecule has 0 aliphatic heterocycles. The molecule has 1 fully saturated rings. The fourth-order valence-electron chi connectivity index (χ4n) is 4.03. The lowest BCUT2D eigenvalue weighted by molar-refractivity contribution is 0.102. The third-order valence-electron chi connectivity index (χ3n) is 5.51. The van der Waals surface area contributed by atoms with Crippen molar-refractivity contribution in [2.45, 2.75) is 50.7 Å². The van der Waals surface area contributed by atoms with E-state index in [9.17, 15) is 15.0 Å². The number of carbonyl (C=O) groups excluding carboxylic acids is 1. The van der Waals surface area contributed by atoms with Gasteiger partial charge in [0.15, 0.2) is 5.78 Å². The van der Waals surface area contributed by atoms with E-state index in [0.29, 0.717) is 11.4 Å². The van der Waals surface area contributed by atoms with Gasteiger partial charge in [-0.05, 0) is 80.0 Å². The van der Waals surface area contributed by atoms with Gasteiger partial charge in [0.1, 0.15) is 0 Å². The molecule has 2 aromatic rings. The number of thiophene rings is 1. The molecule has 0 unspecified atom stereocenters. The van der Waals surface area contributed by atoms with Crippen LogP contribution in [0, 0.1) is 11.8 Å². The lowest BCUT2D eigenvalue weighted by Crippen LogP contribution is -2.18. The van der Waals surface area contributed by atoms with Crippen molar-refractivity contribution in [3.63, 3.8) is 0 Å². The fourth-order valence-corrected chi connectivity index (χ4v) is 5.72. The molecule has 29 heavy (non-hydrogen) atoms. The SMILES string of the molecule is CC(=O)c1ccc(CCC[C@@H]2[C@@H](/C=C/c3cc(Cl)cc(CO)c3)[C@H](O)C[C@H]2Cl)s1. The van der Waals surface area contributed by atoms with Crippen LogP contribution in [0.1, 0.15) is 51.9 Å². The minimum atomic E-state index is -0.457. The maximum atomic E-state index is 11.4. The summed E-state index contributed by atoms with van der Waals surface area (Å²) >= 11 is 14.2. The highest BCUT2D eigenvalue weighted by atomic mass is 35.5. The maximum absolute atomic E-state index is 11.4. The first kappa shape index (κ1) is 22.5. The van der Waals surface area contributed by atoms with Gasteiger partial charge in [0.25, 0.3) is 0 Å². The second-order valence-corrected chi connectivity index (χ2v) is 9.85. The number of carbonyl (C=O) groups is 1. The number of hydrogen-bond acceptors (Lipinski definition) is 4. The maximum Gasteiger partial charge on any atom is 0.169 e. The quantitative estimate of drug-likeness (QED) is 0.396. The van der Waals surface area contributed by atoms with E-state index in [2.05, 4.69) is 0 Å². The van der Waals surface area contributed by atoms with E-state index in [1.165, 1.54) is 4.88 Å². The largest absolute Gasteiger partial charge is 0.392 e. The third-order valence-corrected chi connectivity index (χ3v) is 7.48. The first-order valence-corrected chi connectivity index (χ1v) is 11.5. The van der Waals surface area contributed by atoms with Crippen LogP contribution < -0.4 is 0 Å². The van der Waals surface area contributed by atoms with Crippen molar-refractivity contribution in [3.8, 4) is 0 Å². The molecule has 1 aromatic carbocycles. The topological polar surface area (TPSA) is 57.5 Å². The highest BCUT2D eigenvalue weighted by Gasteiger charge is 2.39. The summed E-state index contributed by atoms with van der Waals surface area (Å²) in [5.74, 6) is 0.299. The van der Waals surface area contributed by atoms with Crippen LogP contribution in [-0.2, 0) is 13.0 Å². The highest BCUT2D eigenvalue weighted by molar-refractivity contribution is 7.14. The van der Waals surface area contributed by atoms with E-state index in [-0.39, 0.29) is 29.6 Å². The second-order valence-electron chi connectivity index (χ2n) is 7.68. The van der Waals surface area contributed by atoms with Crippen LogP contribution in [0.15, 0.2) is 36.4 Å². The number of alkyl halides is 1. The number of aryl methyl sites for hydroxylation is 1. The normalized spacial score (nSPS) is 24.4. The van der Waals surface area contributed by atoms with Gasteiger partial charge in [-0.25, -0.2) is 0 Å². The summed E-state index contributed by atoms with van der Waals surface area (Å²) in [7, 11) is 0. The monoisotopic (exact) mass is 452 g/mol. The van der Waals surface area contributed by atoms with E-state index >= 15 is 0 Å². The molecule has 3 rings (SSSR count). The predicted octanol–water partition coefficient (Wildman–Crippen LogP) is 5.74. The van der Waals surface area contributed by atoms with E-state index in [1.54, 1.807) is 24.3 Å². The van der Waals surface area contributed by atoms with Crippen molar-refractivity contribution in [2.75, 3.05) is 0 Å². The molecular weight excluding hydrogens is 427 g/mol. The summed E-state index contributed by atoms with van der Waals surface area (Å²) in [6.45, 7) is 1.53. The number of aliphatic hydroxyl groups excluding tert-OH is 2. The van der Waals surface area contributed by atoms with Crippen LogP contribution in [-0.4, -0.2) is 27.5 Å². The first-order chi connectivity index (χ1) is 13.9. The standard InChI is InChI=1S/C23H26Cl2O3S/c1-14(27)23-8-6-18(29-23)3-2-4-19-20(22(28)12-21(19)25)7-5-15-9-16(13-26)11-17(24)10-15/h5-11,19-22,26,28H,2-4,12-13H2,1H3/b7-5+/t19-,20-,21-,22-/m1/s1. The Morgan fingerprint density at radius 1 is 1.31 bits per heavy atom. The first-order valence-electron chi connectivity index (χ1n) is 9.87. The molecule has 6 heteroatoms. The zero-order chi connectivity index (χ0) is 21.0. The molecule has 0 radical (unpaired) electrons. The molecule has 4 atom stereocenters. The minimum absolute atomic E-state index is 0.00910. The van der Waals surface area contributed by atoms with Gasteiger partial charge in [0, 0.05) is 21.2 Å². The molecule has 1 aliphatic rings. The van der Waals surface area contributed by atoms with Gasteiger partial charge < -0.3 is 10.2 Å². The number of hydrogen-bond donors (Lipinski definition) is 2. The van der Waals surface area contributed by atoms with Crippen LogP contribution in [0.4, 0.5) is 0 Å². The van der Waals surface area contributed by atoms with Gasteiger partial charge in [0.2, 0.25) is 0 Å². The van der Waals surface area contributed by atoms with Crippen molar-refractivity contribution >= 4 is 46.4 Å². The fraction of sp³-hybridized carbons (Fsp3) is 0.435. The van der Waals surface area contributed by atoms with Gasteiger partial charge in [-0.15, -0.1) is 22.9 Å². The lowest BCUT2D eigenvalue weighted by Gasteiger charge is -2.20. The van der Waals surface area contributed by atoms with Gasteiger partial charge in [-0.1, -0.05) is 23.8 Å². The highest BCUT2D eigenvalue weighted by Crippen LogP contribution is 2.40. The number of benzene rings is 1. The van der Waals surface area contributed by atoms with Gasteiger partial charge in [0.05, 0.1) is 17.6 Å². The van der Waals surface area contributed by atoms with Crippen LogP contribution in [0.5, 0.6) is 0 Å². The molecule has 1 aliphatic carbocycles. The van der Waals surface area contributed by atoms with Crippen molar-refractivity contribution in [1.29, 1.82) is 0 Å². The van der Waals surface area contributed by atoms with Crippen molar-refractivity contribution in [3.05, 3.63) is 62.3 Å². The smallest absolute Gasteiger partial charge is 0.169 e. The Morgan fingerprint density at radius 3 is 2.79 bits per heavy atom. The average molecular weight is 453 g/mol. The summed E-state index contributed by atoms with van der Waals surface area (Å²) in [6.07, 6.45) is 6.93. The zero-order valence-electron chi connectivity index (χ0n) is 16.4. The molecule has 1 aromatic heterocycles. The van der Waals surface area contributed by atoms with E-state index < -0.39 is 6.10 Å². The number of Topliss-reactive ketones (excluding diaryl/α,β-unsaturated/α-hetero) is 1. The molecule has 1 saturated carbocycles. The van der Waals surface area contributed by atoms with Crippen molar-refractivity contribution in [2.24, 2.45) is 11.8 Å². The summed E-state index contributed by atoms with van der Waals surface area (Å²) in [5, 5.41) is 20.4. The molecule has 2 N–H and O–H groups in total. The molecule has 1 heterocycles. The number of halogens is 2. The molecule has 0 spiro atoms. The van der Waals surface area contributed by atoms with Crippen LogP contribution in [0.2, 0.25) is 5.02 Å². The average Bonchev–Trinajstić information content (AvgIpc) is 3.25. The lowest BCUT2D eigenvalue weighted by atomic mass is 9.89. The Morgan fingerprint density at radius 2 is 2.10 bits per heavy atom. The summed E-state index contributed by atoms with van der Waals surface area (Å²) in [5.41, 5.74) is 1.66. The molecule has 0 amide bonds. The van der Waals surface area contributed by atoms with Crippen molar-refractivity contribution < 1.29 is 15.0 Å². The number of ketones is 1. The van der Waals surface area contributed by atoms with Crippen LogP contribution in [0.3, 0.4) is 0 Å². The zero-order valence-corrected chi connectivity index (χ0v) is 18.7. The Bertz CT molecular complexity index is 877. The Hall–Kier alpha value is -1.17. The molecule has 0 saturated heterocycles. The molecular formula is C23H26Cl2O3S. The van der Waals surface area contributed by atoms with E-state index in [1.807, 2.05) is 36.4 Å². The molecule has 0 bridgehead atoms. The predicted molar refractivity (Wildman–Crippen MR) is 121 cm³/mol. The van der Waals surface area contributed by atoms with Gasteiger partial charge in [-0.3, -0.25) is 4.79 Å². The van der Waals surface area contributed by atoms with E-state index in [0.717, 1.165) is 35.3 Å². The Balaban J connectivity index is 1.63. The van der Waals surface area contributed by atoms with Crippen LogP contribution in [0.25, 0.3) is 6.08 Å². The Kier molecular flexibility index (Phi) is 7.94. The summed E-state index contributed by atoms with van der Waals surface area (Å²) in [6, 6.07) is 9.39. The number of aliphatic hydroxyl groups is 2. The molecule has 156 valence electrons. The third kappa shape index (κ3) is 5.93. The second kappa shape index (κ2) is 10.2. The molecule has 3 nitrogen and oxygen atoms in total. The minimum Gasteiger partial charge on any atom is -0.392 e. The van der Waals surface area contributed by atoms with Crippen molar-refractivity contribution in [1.82, 2.24) is 0 Å². The van der Waals surface area contributed by atoms with E-state index in [4.69, 9.17) is 23.2 Å². The number of rotatable bonds is 8. The van der Waals surface area contributed by atoms with Gasteiger partial charge in [-0.2, -0.15) is 0 Å².